The first-order valence-electron chi connectivity index (χ1n) is 17.5. The molecule has 0 aromatic carbocycles. The number of carbonyl (C=O) groups excluding carboxylic acids is 1. The first-order chi connectivity index (χ1) is 21.1. The molecular weight excluding hydrogens is 633 g/mol. The molecule has 7 nitrogen and oxygen atoms in total. The number of carboxylic acids is 1. The molecule has 10 heteroatoms. The Kier molecular flexibility index (Phi) is 18.1. The van der Waals surface area contributed by atoms with Gasteiger partial charge in [0, 0.05) is 36.0 Å². The van der Waals surface area contributed by atoms with Crippen LogP contribution in [-0.2, 0) is 27.9 Å². The number of thioether (sulfide) groups is 1. The van der Waals surface area contributed by atoms with Gasteiger partial charge in [0.1, 0.15) is 12.4 Å². The Bertz CT molecular complexity index is 1010. The van der Waals surface area contributed by atoms with Crippen LogP contribution < -0.4 is 0 Å². The molecule has 0 aliphatic heterocycles. The Morgan fingerprint density at radius 1 is 1.00 bits per heavy atom. The molecule has 0 spiro atoms. The predicted molar refractivity (Wildman–Crippen MR) is 198 cm³/mol. The minimum Gasteiger partial charge on any atom is -0.480 e. The summed E-state index contributed by atoms with van der Waals surface area (Å²) in [5.41, 5.74) is 0. The highest BCUT2D eigenvalue weighted by Gasteiger charge is 2.45. The Morgan fingerprint density at radius 3 is 2.17 bits per heavy atom. The second kappa shape index (κ2) is 19.3. The summed E-state index contributed by atoms with van der Waals surface area (Å²) in [4.78, 5) is 24.7. The van der Waals surface area contributed by atoms with Gasteiger partial charge in [0.25, 0.3) is 0 Å². The molecule has 1 aliphatic carbocycles. The van der Waals surface area contributed by atoms with E-state index in [1.807, 2.05) is 6.92 Å². The number of carboxylic acid groups (broad SMARTS) is 1. The lowest BCUT2D eigenvalue weighted by atomic mass is 9.96. The second-order valence-corrected chi connectivity index (χ2v) is 26.7. The third kappa shape index (κ3) is 14.7. The van der Waals surface area contributed by atoms with Gasteiger partial charge in [-0.25, -0.2) is 4.79 Å². The lowest BCUT2D eigenvalue weighted by Crippen LogP contribution is -2.45. The van der Waals surface area contributed by atoms with E-state index in [2.05, 4.69) is 93.7 Å². The number of esters is 1. The van der Waals surface area contributed by atoms with Crippen LogP contribution in [0.25, 0.3) is 0 Å². The molecule has 0 fully saturated rings. The summed E-state index contributed by atoms with van der Waals surface area (Å²) in [5, 5.41) is 9.05. The van der Waals surface area contributed by atoms with E-state index in [0.29, 0.717) is 37.5 Å². The topological polar surface area (TPSA) is 91.3 Å². The highest BCUT2D eigenvalue weighted by molar-refractivity contribution is 8.03. The van der Waals surface area contributed by atoms with E-state index in [1.165, 1.54) is 19.3 Å². The van der Waals surface area contributed by atoms with E-state index >= 15 is 0 Å². The summed E-state index contributed by atoms with van der Waals surface area (Å²) in [6, 6.07) is 0. The maximum atomic E-state index is 12.8. The van der Waals surface area contributed by atoms with Crippen LogP contribution in [-0.4, -0.2) is 64.9 Å². The summed E-state index contributed by atoms with van der Waals surface area (Å²) in [6.45, 7) is 29.4. The van der Waals surface area contributed by atoms with Gasteiger partial charge >= 0.3 is 11.9 Å². The zero-order chi connectivity index (χ0) is 35.3. The summed E-state index contributed by atoms with van der Waals surface area (Å²) >= 11 is 1.68. The van der Waals surface area contributed by atoms with Crippen molar-refractivity contribution in [3.05, 3.63) is 22.8 Å². The van der Waals surface area contributed by atoms with Crippen molar-refractivity contribution >= 4 is 40.3 Å². The number of ether oxygens (including phenoxy) is 2. The standard InChI is InChI=1S/C36H68O7SSi2/c1-14-16-19-27(3)24-28(42-45(10,11)35(4,5)6)20-21-29-30(43-46(12,13)36(7,8)9)25-31(41-33(39)18-15-2)34(29)44-23-17-22-40-26-32(37)38/h20-21,27-30H,14-19,22-26H2,1-13H3,(H,37,38)/t27-,28-,29+,30-/m1/s1. The van der Waals surface area contributed by atoms with Gasteiger partial charge in [0.05, 0.1) is 12.2 Å². The lowest BCUT2D eigenvalue weighted by molar-refractivity contribution is -0.142. The van der Waals surface area contributed by atoms with E-state index in [-0.39, 0.29) is 40.8 Å². The molecule has 46 heavy (non-hydrogen) atoms. The largest absolute Gasteiger partial charge is 0.480 e. The summed E-state index contributed by atoms with van der Waals surface area (Å²) < 4.78 is 25.5. The predicted octanol–water partition coefficient (Wildman–Crippen LogP) is 10.3. The first kappa shape index (κ1) is 43.1. The molecule has 1 N–H and O–H groups in total. The van der Waals surface area contributed by atoms with Crippen molar-refractivity contribution in [1.29, 1.82) is 0 Å². The molecule has 0 bridgehead atoms. The molecule has 1 rings (SSSR count). The van der Waals surface area contributed by atoms with Crippen molar-refractivity contribution < 1.29 is 33.0 Å². The highest BCUT2D eigenvalue weighted by Crippen LogP contribution is 2.47. The fourth-order valence-electron chi connectivity index (χ4n) is 4.84. The Morgan fingerprint density at radius 2 is 1.63 bits per heavy atom. The second-order valence-electron chi connectivity index (χ2n) is 16.1. The van der Waals surface area contributed by atoms with Crippen LogP contribution in [0.15, 0.2) is 22.8 Å². The lowest BCUT2D eigenvalue weighted by Gasteiger charge is -2.40. The average molecular weight is 701 g/mol. The number of hydrogen-bond donors (Lipinski definition) is 1. The molecule has 0 saturated heterocycles. The summed E-state index contributed by atoms with van der Waals surface area (Å²) in [6.07, 6.45) is 11.3. The van der Waals surface area contributed by atoms with Gasteiger partial charge in [-0.15, -0.1) is 11.8 Å². The van der Waals surface area contributed by atoms with Crippen LogP contribution in [0.4, 0.5) is 0 Å². The van der Waals surface area contributed by atoms with Gasteiger partial charge in [-0.1, -0.05) is 93.7 Å². The quantitative estimate of drug-likeness (QED) is 0.0548. The van der Waals surface area contributed by atoms with E-state index in [1.54, 1.807) is 11.8 Å². The molecule has 0 unspecified atom stereocenters. The third-order valence-corrected chi connectivity index (χ3v) is 20.0. The minimum absolute atomic E-state index is 0.0105. The van der Waals surface area contributed by atoms with Crippen molar-refractivity contribution in [2.45, 2.75) is 162 Å². The number of unbranched alkanes of at least 4 members (excludes halogenated alkanes) is 1. The van der Waals surface area contributed by atoms with Crippen molar-refractivity contribution in [2.24, 2.45) is 11.8 Å². The number of hydrogen-bond acceptors (Lipinski definition) is 7. The van der Waals surface area contributed by atoms with Crippen molar-refractivity contribution in [3.8, 4) is 0 Å². The van der Waals surface area contributed by atoms with Gasteiger partial charge in [0.15, 0.2) is 16.6 Å². The van der Waals surface area contributed by atoms with Gasteiger partial charge in [-0.05, 0) is 61.4 Å². The number of rotatable bonds is 21. The van der Waals surface area contributed by atoms with E-state index in [9.17, 15) is 9.59 Å². The Balaban J connectivity index is 3.54. The number of carbonyl (C=O) groups is 2. The number of aliphatic carboxylic acids is 1. The maximum absolute atomic E-state index is 12.8. The van der Waals surface area contributed by atoms with E-state index < -0.39 is 22.6 Å². The van der Waals surface area contributed by atoms with Crippen LogP contribution in [0, 0.1) is 11.8 Å². The van der Waals surface area contributed by atoms with Crippen molar-refractivity contribution in [2.75, 3.05) is 19.0 Å². The zero-order valence-electron chi connectivity index (χ0n) is 31.5. The van der Waals surface area contributed by atoms with Gasteiger partial charge in [-0.2, -0.15) is 0 Å². The molecule has 4 atom stereocenters. The molecule has 268 valence electrons. The van der Waals surface area contributed by atoms with Crippen LogP contribution in [0.2, 0.25) is 36.3 Å². The SMILES string of the molecule is CCCC[C@@H](C)C[C@@H](C=C[C@@H]1C(SCCCOCC(=O)O)=C(OC(=O)CCC)C[C@H]1O[Si](C)(C)C(C)(C)C)O[Si](C)(C)C(C)(C)C. The maximum Gasteiger partial charge on any atom is 0.329 e. The third-order valence-electron chi connectivity index (χ3n) is 9.69. The first-order valence-corrected chi connectivity index (χ1v) is 24.3. The fourth-order valence-corrected chi connectivity index (χ4v) is 8.66. The van der Waals surface area contributed by atoms with Crippen molar-refractivity contribution in [3.63, 3.8) is 0 Å². The van der Waals surface area contributed by atoms with E-state index in [4.69, 9.17) is 23.4 Å². The van der Waals surface area contributed by atoms with Crippen LogP contribution in [0.1, 0.15) is 114 Å². The minimum atomic E-state index is -2.16. The molecule has 0 aromatic heterocycles. The smallest absolute Gasteiger partial charge is 0.329 e. The van der Waals surface area contributed by atoms with Crippen LogP contribution in [0.3, 0.4) is 0 Å². The molecule has 0 heterocycles. The van der Waals surface area contributed by atoms with Crippen molar-refractivity contribution in [1.82, 2.24) is 0 Å². The molecule has 0 saturated carbocycles. The van der Waals surface area contributed by atoms with E-state index in [0.717, 1.165) is 23.5 Å². The molecule has 0 amide bonds. The van der Waals surface area contributed by atoms with Gasteiger partial charge < -0.3 is 23.4 Å². The molecule has 0 aromatic rings. The highest BCUT2D eigenvalue weighted by atomic mass is 32.2. The Hall–Kier alpha value is -0.916. The van der Waals surface area contributed by atoms with Crippen LogP contribution >= 0.6 is 11.8 Å². The summed E-state index contributed by atoms with van der Waals surface area (Å²) in [5.74, 6) is 0.735. The molecule has 0 radical (unpaired) electrons. The normalized spacial score (nSPS) is 19.6. The summed E-state index contributed by atoms with van der Waals surface area (Å²) in [7, 11) is -4.20. The average Bonchev–Trinajstić information content (AvgIpc) is 3.20. The van der Waals surface area contributed by atoms with Gasteiger partial charge in [-0.3, -0.25) is 4.79 Å². The molecule has 1 aliphatic rings. The zero-order valence-corrected chi connectivity index (χ0v) is 34.4. The fraction of sp³-hybridized carbons (Fsp3) is 0.833. The van der Waals surface area contributed by atoms with Crippen LogP contribution in [0.5, 0.6) is 0 Å². The van der Waals surface area contributed by atoms with Gasteiger partial charge in [0.2, 0.25) is 0 Å². The molecular formula is C36H68O7SSi2. The Labute approximate surface area is 288 Å². The monoisotopic (exact) mass is 700 g/mol.